The van der Waals surface area contributed by atoms with Gasteiger partial charge in [0.2, 0.25) is 0 Å². The normalized spacial score (nSPS) is 11.4. The Balaban J connectivity index is 0.000000113. The minimum absolute atomic E-state index is 0. The number of nitrogens with zero attached hydrogens (tertiary/aromatic N) is 12. The number of benzene rings is 17. The molecule has 0 aliphatic carbocycles. The number of rotatable bonds is 14. The van der Waals surface area contributed by atoms with Gasteiger partial charge in [-0.25, -0.2) is 44.9 Å². The Morgan fingerprint density at radius 3 is 0.744 bits per heavy atom. The highest BCUT2D eigenvalue weighted by molar-refractivity contribution is 7.25. The second-order valence-corrected chi connectivity index (χ2v) is 35.3. The lowest BCUT2D eigenvalue weighted by Crippen LogP contribution is -2.00. The minimum Gasteiger partial charge on any atom is -0.299 e. The largest absolute Gasteiger partial charge is 0.299 e. The van der Waals surface area contributed by atoms with Gasteiger partial charge in [0, 0.05) is 88.5 Å². The summed E-state index contributed by atoms with van der Waals surface area (Å²) in [6, 6.07) is 156. The standard InChI is InChI=1S/2C41H26N4S.C35H22N4S.CH4/c1-4-13-27(14-5-1)32-20-12-22-35-37(32)46-41-36(33-19-10-11-21-34(33)45(35)41)28-23-25-31(26-24-28)40-43-38(29-15-6-2-7-16-29)42-39(44-40)30-17-8-3-9-18-30;1-4-12-28(13-5-1)37-33-26-32(24-25-34(33)45-35-18-10-11-19-36(35)46-41(37)45)27-20-22-31(23-21-27)40-43-38(29-14-6-2-7-15-29)42-39(44-40)30-16-8-3-9-17-30;1-3-11-24(12-4-1)32-36-33(25-13-5-2-6-14-25)38-34(37-32)26-21-19-23(20-22-26)31-27-15-7-8-16-28(27)39-29-17-9-10-18-30(29)40-35(31)39;/h2*1-26H;1-22H;1H4. The predicted octanol–water partition coefficient (Wildman–Crippen LogP) is 31.5. The Hall–Kier alpha value is -17.0. The zero-order valence-corrected chi connectivity index (χ0v) is 73.3. The van der Waals surface area contributed by atoms with Crippen LogP contribution in [0.1, 0.15) is 7.43 Å². The van der Waals surface area contributed by atoms with Crippen molar-refractivity contribution in [1.29, 1.82) is 0 Å². The fourth-order valence-corrected chi connectivity index (χ4v) is 21.8. The second-order valence-electron chi connectivity index (χ2n) is 32.3. The van der Waals surface area contributed by atoms with Crippen LogP contribution in [0.25, 0.3) is 236 Å². The Morgan fingerprint density at radius 1 is 0.158 bits per heavy atom. The number of hydrogen-bond acceptors (Lipinski definition) is 12. The first-order valence-electron chi connectivity index (χ1n) is 43.8. The zero-order chi connectivity index (χ0) is 87.4. The molecule has 15 heteroatoms. The van der Waals surface area contributed by atoms with E-state index in [0.29, 0.717) is 52.4 Å². The van der Waals surface area contributed by atoms with Crippen LogP contribution >= 0.6 is 34.0 Å². The molecule has 9 heterocycles. The van der Waals surface area contributed by atoms with E-state index in [-0.39, 0.29) is 7.43 Å². The molecule has 0 atom stereocenters. The Morgan fingerprint density at radius 2 is 0.391 bits per heavy atom. The fourth-order valence-electron chi connectivity index (χ4n) is 17.9. The van der Waals surface area contributed by atoms with Crippen molar-refractivity contribution in [1.82, 2.24) is 58.1 Å². The lowest BCUT2D eigenvalue weighted by atomic mass is 9.99. The van der Waals surface area contributed by atoms with Crippen molar-refractivity contribution in [3.8, 4) is 158 Å². The highest BCUT2D eigenvalue weighted by atomic mass is 32.1. The van der Waals surface area contributed by atoms with E-state index >= 15 is 0 Å². The van der Waals surface area contributed by atoms with Crippen molar-refractivity contribution in [2.24, 2.45) is 0 Å². The van der Waals surface area contributed by atoms with E-state index in [4.69, 9.17) is 44.9 Å². The van der Waals surface area contributed by atoms with E-state index in [0.717, 1.165) is 61.2 Å². The third-order valence-corrected chi connectivity index (χ3v) is 27.7. The summed E-state index contributed by atoms with van der Waals surface area (Å²) in [6.07, 6.45) is 0. The van der Waals surface area contributed by atoms with Crippen LogP contribution in [0.4, 0.5) is 0 Å². The predicted molar refractivity (Wildman–Crippen MR) is 554 cm³/mol. The average Bonchev–Trinajstić information content (AvgIpc) is 1.57. The average molecular weight is 1760 g/mol. The van der Waals surface area contributed by atoms with Gasteiger partial charge < -0.3 is 0 Å². The van der Waals surface area contributed by atoms with Gasteiger partial charge in [0.1, 0.15) is 14.5 Å². The van der Waals surface area contributed by atoms with E-state index in [1.54, 1.807) is 0 Å². The number of para-hydroxylation sites is 4. The first-order valence-corrected chi connectivity index (χ1v) is 46.3. The monoisotopic (exact) mass is 1760 g/mol. The molecule has 26 rings (SSSR count). The van der Waals surface area contributed by atoms with Crippen LogP contribution in [0.3, 0.4) is 0 Å². The third-order valence-electron chi connectivity index (χ3n) is 24.2. The number of hydrogen-bond donors (Lipinski definition) is 0. The van der Waals surface area contributed by atoms with Crippen LogP contribution in [0.15, 0.2) is 449 Å². The third kappa shape index (κ3) is 15.1. The van der Waals surface area contributed by atoms with Crippen molar-refractivity contribution >= 4 is 112 Å². The fraction of sp³-hybridized carbons (Fsp3) is 0.00847. The molecular formula is C118H78N12S3. The summed E-state index contributed by atoms with van der Waals surface area (Å²) in [7, 11) is 0. The molecule has 9 aromatic heterocycles. The second kappa shape index (κ2) is 34.9. The molecule has 12 nitrogen and oxygen atoms in total. The molecule has 0 aliphatic rings. The Bertz CT molecular complexity index is 8600. The topological polar surface area (TPSA) is 129 Å². The van der Waals surface area contributed by atoms with E-state index in [1.807, 2.05) is 216 Å². The summed E-state index contributed by atoms with van der Waals surface area (Å²) < 4.78 is 11.1. The molecule has 0 bridgehead atoms. The SMILES string of the molecule is C.c1ccc(-c2nc(-c3ccccc3)nc(-c3ccc(-c4c5ccccc5n5c4sc4c(-c6ccccc6)cccc45)cc3)n2)cc1.c1ccc(-c2nc(-c3ccccc3)nc(-c3ccc(-c4c5ccccc5n5c4sc4ccccc45)cc3)n2)cc1.c1ccc(-c2nc(-c3ccccc3)nc(-c3ccc(-c4ccc5c(c4)c(-c4ccccc4)c4sc6ccccc6n45)cc3)n2)cc1. The molecule has 0 amide bonds. The van der Waals surface area contributed by atoms with E-state index in [2.05, 4.69) is 280 Å². The Kier molecular flexibility index (Phi) is 21.2. The van der Waals surface area contributed by atoms with E-state index in [1.165, 1.54) is 122 Å². The van der Waals surface area contributed by atoms with Crippen LogP contribution in [0, 0.1) is 0 Å². The summed E-state index contributed by atoms with van der Waals surface area (Å²) in [5.41, 5.74) is 28.2. The maximum Gasteiger partial charge on any atom is 0.164 e. The molecule has 0 radical (unpaired) electrons. The van der Waals surface area contributed by atoms with Gasteiger partial charge in [-0.05, 0) is 88.0 Å². The molecule has 17 aromatic carbocycles. The van der Waals surface area contributed by atoms with Gasteiger partial charge in [0.05, 0.1) is 47.2 Å². The summed E-state index contributed by atoms with van der Waals surface area (Å²) >= 11 is 5.55. The van der Waals surface area contributed by atoms with Crippen LogP contribution < -0.4 is 0 Å². The minimum atomic E-state index is 0. The maximum atomic E-state index is 4.93. The van der Waals surface area contributed by atoms with Crippen molar-refractivity contribution < 1.29 is 0 Å². The molecule has 0 fully saturated rings. The summed E-state index contributed by atoms with van der Waals surface area (Å²) in [5, 5.41) is 3.75. The van der Waals surface area contributed by atoms with Crippen LogP contribution in [0.5, 0.6) is 0 Å². The van der Waals surface area contributed by atoms with Gasteiger partial charge in [-0.3, -0.25) is 13.2 Å². The number of fused-ring (bicyclic) bond motifs is 15. The number of thiazole rings is 3. The van der Waals surface area contributed by atoms with Crippen molar-refractivity contribution in [3.63, 3.8) is 0 Å². The van der Waals surface area contributed by atoms with E-state index < -0.39 is 0 Å². The summed E-state index contributed by atoms with van der Waals surface area (Å²) in [5.74, 6) is 5.94. The summed E-state index contributed by atoms with van der Waals surface area (Å²) in [4.78, 5) is 47.8. The zero-order valence-electron chi connectivity index (χ0n) is 70.8. The first kappa shape index (κ1) is 80.6. The van der Waals surface area contributed by atoms with Gasteiger partial charge in [-0.1, -0.05) is 402 Å². The molecule has 0 aliphatic heterocycles. The first-order chi connectivity index (χ1) is 65.4. The lowest BCUT2D eigenvalue weighted by molar-refractivity contribution is 1.07. The van der Waals surface area contributed by atoms with Crippen LogP contribution in [0.2, 0.25) is 0 Å². The van der Waals surface area contributed by atoms with E-state index in [9.17, 15) is 0 Å². The van der Waals surface area contributed by atoms with Gasteiger partial charge in [0.25, 0.3) is 0 Å². The molecule has 0 saturated heterocycles. The van der Waals surface area contributed by atoms with Gasteiger partial charge in [0.15, 0.2) is 52.4 Å². The summed E-state index contributed by atoms with van der Waals surface area (Å²) in [6.45, 7) is 0. The smallest absolute Gasteiger partial charge is 0.164 e. The Labute approximate surface area is 778 Å². The molecule has 0 N–H and O–H groups in total. The molecule has 133 heavy (non-hydrogen) atoms. The number of aromatic nitrogens is 12. The lowest BCUT2D eigenvalue weighted by Gasteiger charge is -2.09. The molecule has 0 unspecified atom stereocenters. The van der Waals surface area contributed by atoms with Crippen LogP contribution in [-0.2, 0) is 0 Å². The maximum absolute atomic E-state index is 4.93. The van der Waals surface area contributed by atoms with Gasteiger partial charge in [-0.2, -0.15) is 0 Å². The molecule has 628 valence electrons. The van der Waals surface area contributed by atoms with Crippen molar-refractivity contribution in [3.05, 3.63) is 449 Å². The highest BCUT2D eigenvalue weighted by Crippen LogP contribution is 2.48. The van der Waals surface area contributed by atoms with Crippen LogP contribution in [-0.4, -0.2) is 58.1 Å². The molecular weight excluding hydrogens is 1680 g/mol. The molecule has 0 spiro atoms. The van der Waals surface area contributed by atoms with Crippen molar-refractivity contribution in [2.75, 3.05) is 0 Å². The highest BCUT2D eigenvalue weighted by Gasteiger charge is 2.25. The quantitative estimate of drug-likeness (QED) is 0.104. The van der Waals surface area contributed by atoms with Gasteiger partial charge >= 0.3 is 0 Å². The van der Waals surface area contributed by atoms with Crippen molar-refractivity contribution in [2.45, 2.75) is 7.43 Å². The molecule has 0 saturated carbocycles. The van der Waals surface area contributed by atoms with Gasteiger partial charge in [-0.15, -0.1) is 34.0 Å². The molecule has 26 aromatic rings.